The molecule has 0 aliphatic carbocycles. The maximum Gasteiger partial charge on any atom is 0.132 e. The molecule has 1 aliphatic rings. The van der Waals surface area contributed by atoms with Gasteiger partial charge in [0.25, 0.3) is 0 Å². The molecule has 0 radical (unpaired) electrons. The molecule has 1 aromatic rings. The van der Waals surface area contributed by atoms with E-state index in [4.69, 9.17) is 9.84 Å². The summed E-state index contributed by atoms with van der Waals surface area (Å²) in [5.74, 6) is 0. The summed E-state index contributed by atoms with van der Waals surface area (Å²) >= 11 is 0. The van der Waals surface area contributed by atoms with Crippen LogP contribution in [-0.4, -0.2) is 28.4 Å². The summed E-state index contributed by atoms with van der Waals surface area (Å²) in [5, 5.41) is 19.3. The highest BCUT2D eigenvalue weighted by molar-refractivity contribution is 5.25. The first-order chi connectivity index (χ1) is 6.76. The van der Waals surface area contributed by atoms with E-state index in [0.29, 0.717) is 24.3 Å². The third-order valence-electron chi connectivity index (χ3n) is 2.50. The van der Waals surface area contributed by atoms with Crippen molar-refractivity contribution in [1.82, 2.24) is 4.98 Å². The van der Waals surface area contributed by atoms with Gasteiger partial charge in [0.1, 0.15) is 5.60 Å². The number of nitrogens with zero attached hydrogens (tertiary/aromatic N) is 1. The predicted octanol–water partition coefficient (Wildman–Crippen LogP) is 0.182. The highest BCUT2D eigenvalue weighted by Crippen LogP contribution is 2.30. The fourth-order valence-electron chi connectivity index (χ4n) is 1.73. The topological polar surface area (TPSA) is 62.6 Å². The zero-order valence-electron chi connectivity index (χ0n) is 7.81. The quantitative estimate of drug-likeness (QED) is 0.706. The summed E-state index contributed by atoms with van der Waals surface area (Å²) in [5.41, 5.74) is 0.194. The van der Waals surface area contributed by atoms with Crippen LogP contribution in [0, 0.1) is 0 Å². The first-order valence-corrected chi connectivity index (χ1v) is 4.61. The molecule has 0 bridgehead atoms. The fourth-order valence-corrected chi connectivity index (χ4v) is 1.73. The van der Waals surface area contributed by atoms with Crippen molar-refractivity contribution in [1.29, 1.82) is 0 Å². The first-order valence-electron chi connectivity index (χ1n) is 4.61. The van der Waals surface area contributed by atoms with E-state index in [1.807, 2.05) is 0 Å². The normalized spacial score (nSPS) is 26.7. The van der Waals surface area contributed by atoms with Crippen molar-refractivity contribution in [2.24, 2.45) is 0 Å². The number of rotatable bonds is 2. The first kappa shape index (κ1) is 9.58. The highest BCUT2D eigenvalue weighted by Gasteiger charge is 2.37. The zero-order valence-corrected chi connectivity index (χ0v) is 7.81. The lowest BCUT2D eigenvalue weighted by Gasteiger charge is -2.21. The van der Waals surface area contributed by atoms with Gasteiger partial charge in [-0.15, -0.1) is 0 Å². The third-order valence-corrected chi connectivity index (χ3v) is 2.50. The maximum atomic E-state index is 10.2. The second-order valence-electron chi connectivity index (χ2n) is 3.50. The monoisotopic (exact) mass is 195 g/mol. The summed E-state index contributed by atoms with van der Waals surface area (Å²) in [7, 11) is 0. The molecule has 1 atom stereocenters. The summed E-state index contributed by atoms with van der Waals surface area (Å²) in [4.78, 5) is 4.11. The van der Waals surface area contributed by atoms with E-state index in [2.05, 4.69) is 4.98 Å². The van der Waals surface area contributed by atoms with Gasteiger partial charge in [0.2, 0.25) is 0 Å². The average molecular weight is 195 g/mol. The molecule has 1 unspecified atom stereocenters. The van der Waals surface area contributed by atoms with Crippen LogP contribution in [-0.2, 0) is 16.9 Å². The van der Waals surface area contributed by atoms with Crippen molar-refractivity contribution < 1.29 is 14.9 Å². The highest BCUT2D eigenvalue weighted by atomic mass is 16.5. The number of pyridine rings is 1. The Morgan fingerprint density at radius 3 is 3.07 bits per heavy atom. The van der Waals surface area contributed by atoms with Gasteiger partial charge in [-0.25, -0.2) is 0 Å². The Kier molecular flexibility index (Phi) is 2.50. The van der Waals surface area contributed by atoms with Crippen LogP contribution in [0.15, 0.2) is 18.3 Å². The summed E-state index contributed by atoms with van der Waals surface area (Å²) in [6.07, 6.45) is 2.15. The van der Waals surface area contributed by atoms with Gasteiger partial charge in [-0.05, 0) is 6.07 Å². The number of ether oxygens (including phenoxy) is 1. The van der Waals surface area contributed by atoms with Crippen molar-refractivity contribution in [3.8, 4) is 0 Å². The van der Waals surface area contributed by atoms with Crippen molar-refractivity contribution in [2.75, 3.05) is 13.2 Å². The van der Waals surface area contributed by atoms with Crippen LogP contribution in [0.3, 0.4) is 0 Å². The van der Waals surface area contributed by atoms with Crippen LogP contribution >= 0.6 is 0 Å². The minimum atomic E-state index is -1.01. The molecule has 1 fully saturated rings. The molecule has 4 nitrogen and oxygen atoms in total. The van der Waals surface area contributed by atoms with E-state index < -0.39 is 5.60 Å². The van der Waals surface area contributed by atoms with Gasteiger partial charge in [-0.2, -0.15) is 0 Å². The molecule has 1 aromatic heterocycles. The van der Waals surface area contributed by atoms with Gasteiger partial charge in [-0.1, -0.05) is 6.07 Å². The minimum absolute atomic E-state index is 0.106. The van der Waals surface area contributed by atoms with Gasteiger partial charge in [0.15, 0.2) is 0 Å². The van der Waals surface area contributed by atoms with Gasteiger partial charge >= 0.3 is 0 Å². The molecule has 0 saturated carbocycles. The smallest absolute Gasteiger partial charge is 0.132 e. The second kappa shape index (κ2) is 3.65. The number of aromatic nitrogens is 1. The van der Waals surface area contributed by atoms with Crippen LogP contribution in [0.2, 0.25) is 0 Å². The Hall–Kier alpha value is -0.970. The molecule has 0 aromatic carbocycles. The molecule has 2 rings (SSSR count). The number of hydrogen-bond donors (Lipinski definition) is 2. The van der Waals surface area contributed by atoms with E-state index >= 15 is 0 Å². The van der Waals surface area contributed by atoms with Crippen molar-refractivity contribution in [2.45, 2.75) is 18.6 Å². The molecule has 76 valence electrons. The minimum Gasteiger partial charge on any atom is -0.392 e. The number of hydrogen-bond acceptors (Lipinski definition) is 4. The standard InChI is InChI=1S/C10H13NO3/c12-6-8-2-1-4-11-9(8)10(13)3-5-14-7-10/h1-2,4,12-13H,3,5-7H2. The Balaban J connectivity index is 2.39. The molecule has 0 spiro atoms. The van der Waals surface area contributed by atoms with Gasteiger partial charge in [-0.3, -0.25) is 4.98 Å². The van der Waals surface area contributed by atoms with E-state index in [9.17, 15) is 5.11 Å². The molecular formula is C10H13NO3. The molecule has 4 heteroatoms. The average Bonchev–Trinajstić information content (AvgIpc) is 2.66. The summed E-state index contributed by atoms with van der Waals surface area (Å²) in [6, 6.07) is 3.51. The van der Waals surface area contributed by atoms with E-state index in [-0.39, 0.29) is 13.2 Å². The van der Waals surface area contributed by atoms with Gasteiger partial charge in [0, 0.05) is 24.8 Å². The Morgan fingerprint density at radius 1 is 1.57 bits per heavy atom. The predicted molar refractivity (Wildman–Crippen MR) is 49.5 cm³/mol. The number of aliphatic hydroxyl groups is 2. The summed E-state index contributed by atoms with van der Waals surface area (Å²) in [6.45, 7) is 0.695. The lowest BCUT2D eigenvalue weighted by Crippen LogP contribution is -2.28. The van der Waals surface area contributed by atoms with Crippen LogP contribution in [0.5, 0.6) is 0 Å². The second-order valence-corrected chi connectivity index (χ2v) is 3.50. The Labute approximate surface area is 82.2 Å². The zero-order chi connectivity index (χ0) is 10.0. The van der Waals surface area contributed by atoms with Crippen LogP contribution < -0.4 is 0 Å². The molecule has 1 aliphatic heterocycles. The lowest BCUT2D eigenvalue weighted by atomic mass is 9.94. The van der Waals surface area contributed by atoms with E-state index in [1.54, 1.807) is 18.3 Å². The van der Waals surface area contributed by atoms with Crippen molar-refractivity contribution in [3.63, 3.8) is 0 Å². The van der Waals surface area contributed by atoms with Gasteiger partial charge in [0.05, 0.1) is 18.9 Å². The SMILES string of the molecule is OCc1cccnc1C1(O)CCOC1. The molecule has 2 N–H and O–H groups in total. The summed E-state index contributed by atoms with van der Waals surface area (Å²) < 4.78 is 5.14. The Morgan fingerprint density at radius 2 is 2.43 bits per heavy atom. The largest absolute Gasteiger partial charge is 0.392 e. The molecule has 2 heterocycles. The van der Waals surface area contributed by atoms with E-state index in [1.165, 1.54) is 0 Å². The number of aliphatic hydroxyl groups excluding tert-OH is 1. The van der Waals surface area contributed by atoms with Crippen LogP contribution in [0.1, 0.15) is 17.7 Å². The third kappa shape index (κ3) is 1.52. The van der Waals surface area contributed by atoms with E-state index in [0.717, 1.165) is 0 Å². The van der Waals surface area contributed by atoms with Crippen molar-refractivity contribution >= 4 is 0 Å². The van der Waals surface area contributed by atoms with Crippen LogP contribution in [0.25, 0.3) is 0 Å². The Bertz CT molecular complexity index is 321. The van der Waals surface area contributed by atoms with Gasteiger partial charge < -0.3 is 14.9 Å². The van der Waals surface area contributed by atoms with Crippen molar-refractivity contribution in [3.05, 3.63) is 29.6 Å². The van der Waals surface area contributed by atoms with Crippen LogP contribution in [0.4, 0.5) is 0 Å². The fraction of sp³-hybridized carbons (Fsp3) is 0.500. The molecule has 14 heavy (non-hydrogen) atoms. The molecular weight excluding hydrogens is 182 g/mol. The molecule has 0 amide bonds. The lowest BCUT2D eigenvalue weighted by molar-refractivity contribution is 0.0176. The maximum absolute atomic E-state index is 10.2. The molecule has 1 saturated heterocycles.